The molecule has 3 fully saturated rings. The number of anilines is 2. The molecule has 54 heavy (non-hydrogen) atoms. The van der Waals surface area contributed by atoms with Crippen LogP contribution in [-0.2, 0) is 16.1 Å². The fourth-order valence-electron chi connectivity index (χ4n) is 8.40. The summed E-state index contributed by atoms with van der Waals surface area (Å²) in [4.78, 5) is 48.3. The summed E-state index contributed by atoms with van der Waals surface area (Å²) in [6, 6.07) is 18.1. The van der Waals surface area contributed by atoms with Gasteiger partial charge in [0.1, 0.15) is 29.2 Å². The zero-order chi connectivity index (χ0) is 37.3. The first kappa shape index (κ1) is 35.3. The number of rotatable bonds is 8. The van der Waals surface area contributed by atoms with Crippen molar-refractivity contribution in [2.45, 2.75) is 70.1 Å². The molecule has 3 aromatic rings. The van der Waals surface area contributed by atoms with Crippen molar-refractivity contribution >= 4 is 40.8 Å². The molecular formula is C41H46FN9O3. The van der Waals surface area contributed by atoms with Crippen molar-refractivity contribution in [2.75, 3.05) is 36.4 Å². The summed E-state index contributed by atoms with van der Waals surface area (Å²) in [6.07, 6.45) is 10.3. The standard InChI is InChI=1S/C41H46FN9O3/c1-26-10-14-38(49-18-4-8-34(49)28-5-2-6-30(42)21-28)47-51(26)36(23-43)33-7-3-9-37(45-33)48-19-16-27(17-20-48)24-44-31-11-12-32-29(22-31)25-50(41(32)54)35-13-15-39(52)46-40(35)53/h2-3,5-7,9-12,14,21-23,26-27,34-35,44H,4,8,13,15-20,24-25,43H2,1H3,(H,46,52,53)/b36-23-/t26?,34-,35?/m1/s1. The van der Waals surface area contributed by atoms with Gasteiger partial charge < -0.3 is 25.8 Å². The van der Waals surface area contributed by atoms with E-state index in [1.807, 2.05) is 47.5 Å². The third-order valence-corrected chi connectivity index (χ3v) is 11.4. The minimum absolute atomic E-state index is 0.0390. The average Bonchev–Trinajstić information content (AvgIpc) is 3.80. The maximum absolute atomic E-state index is 14.1. The zero-order valence-electron chi connectivity index (χ0n) is 30.5. The van der Waals surface area contributed by atoms with Crippen LogP contribution in [-0.4, -0.2) is 81.6 Å². The Morgan fingerprint density at radius 3 is 2.61 bits per heavy atom. The normalized spacial score (nSPS) is 23.5. The Balaban J connectivity index is 0.881. The number of fused-ring (bicyclic) bond motifs is 1. The highest BCUT2D eigenvalue weighted by molar-refractivity contribution is 6.05. The van der Waals surface area contributed by atoms with Gasteiger partial charge in [0, 0.05) is 56.6 Å². The molecule has 1 aromatic heterocycles. The minimum Gasteiger partial charge on any atom is -0.403 e. The third kappa shape index (κ3) is 7.02. The summed E-state index contributed by atoms with van der Waals surface area (Å²) in [5.74, 6) is 1.11. The second-order valence-corrected chi connectivity index (χ2v) is 14.8. The van der Waals surface area contributed by atoms with E-state index in [2.05, 4.69) is 39.5 Å². The van der Waals surface area contributed by atoms with Crippen LogP contribution in [0.2, 0.25) is 0 Å². The van der Waals surface area contributed by atoms with Crippen molar-refractivity contribution in [1.29, 1.82) is 0 Å². The van der Waals surface area contributed by atoms with Gasteiger partial charge in [-0.25, -0.2) is 9.37 Å². The highest BCUT2D eigenvalue weighted by Crippen LogP contribution is 2.35. The van der Waals surface area contributed by atoms with Gasteiger partial charge in [-0.15, -0.1) is 0 Å². The summed E-state index contributed by atoms with van der Waals surface area (Å²) < 4.78 is 14.1. The molecule has 0 saturated carbocycles. The Bertz CT molecular complexity index is 2040. The number of hydrazone groups is 1. The molecule has 280 valence electrons. The number of piperidine rings is 2. The minimum atomic E-state index is -0.619. The van der Waals surface area contributed by atoms with E-state index < -0.39 is 11.9 Å². The number of pyridine rings is 1. The molecular weight excluding hydrogens is 686 g/mol. The molecule has 6 heterocycles. The molecule has 3 saturated heterocycles. The van der Waals surface area contributed by atoms with E-state index in [0.717, 1.165) is 91.7 Å². The summed E-state index contributed by atoms with van der Waals surface area (Å²) in [5.41, 5.74) is 11.2. The molecule has 0 aliphatic carbocycles. The number of nitrogens with zero attached hydrogens (tertiary/aromatic N) is 6. The van der Waals surface area contributed by atoms with Crippen LogP contribution in [0.25, 0.3) is 5.70 Å². The number of benzene rings is 2. The lowest BCUT2D eigenvalue weighted by Crippen LogP contribution is -2.52. The smallest absolute Gasteiger partial charge is 0.255 e. The molecule has 2 unspecified atom stereocenters. The maximum Gasteiger partial charge on any atom is 0.255 e. The molecule has 0 spiro atoms. The number of imide groups is 1. The molecule has 4 N–H and O–H groups in total. The van der Waals surface area contributed by atoms with Gasteiger partial charge in [0.25, 0.3) is 5.91 Å². The van der Waals surface area contributed by atoms with Crippen LogP contribution < -0.4 is 21.3 Å². The van der Waals surface area contributed by atoms with Crippen molar-refractivity contribution in [1.82, 2.24) is 25.1 Å². The second kappa shape index (κ2) is 15.0. The predicted octanol–water partition coefficient (Wildman–Crippen LogP) is 4.98. The van der Waals surface area contributed by atoms with E-state index in [1.165, 1.54) is 6.07 Å². The molecule has 0 radical (unpaired) electrons. The molecule has 3 amide bonds. The largest absolute Gasteiger partial charge is 0.403 e. The van der Waals surface area contributed by atoms with Crippen molar-refractivity contribution in [3.63, 3.8) is 0 Å². The van der Waals surface area contributed by atoms with Gasteiger partial charge in [-0.2, -0.15) is 5.10 Å². The Morgan fingerprint density at radius 1 is 0.981 bits per heavy atom. The third-order valence-electron chi connectivity index (χ3n) is 11.4. The molecule has 2 aromatic carbocycles. The molecule has 12 nitrogen and oxygen atoms in total. The Morgan fingerprint density at radius 2 is 1.81 bits per heavy atom. The molecule has 8 rings (SSSR count). The SMILES string of the molecule is CC1C=CC(N2CCC[C@@H]2c2cccc(F)c2)=NN1/C(=C\N)c1cccc(N2CCC(CNc3ccc4c(c3)CN(C3CCC(=O)NC3=O)C4=O)CC2)n1. The first-order valence-electron chi connectivity index (χ1n) is 19.0. The van der Waals surface area contributed by atoms with Gasteiger partial charge in [-0.1, -0.05) is 24.3 Å². The van der Waals surface area contributed by atoms with Crippen molar-refractivity contribution in [2.24, 2.45) is 16.8 Å². The van der Waals surface area contributed by atoms with Crippen molar-refractivity contribution < 1.29 is 18.8 Å². The highest BCUT2D eigenvalue weighted by atomic mass is 19.1. The molecule has 0 bridgehead atoms. The number of carbonyl (C=O) groups is 3. The lowest BCUT2D eigenvalue weighted by molar-refractivity contribution is -0.136. The maximum atomic E-state index is 14.1. The summed E-state index contributed by atoms with van der Waals surface area (Å²) >= 11 is 0. The lowest BCUT2D eigenvalue weighted by atomic mass is 9.96. The second-order valence-electron chi connectivity index (χ2n) is 14.8. The van der Waals surface area contributed by atoms with E-state index >= 15 is 0 Å². The number of carbonyl (C=O) groups excluding carboxylic acids is 3. The van der Waals surface area contributed by atoms with Crippen LogP contribution in [0.3, 0.4) is 0 Å². The van der Waals surface area contributed by atoms with Crippen LogP contribution in [0, 0.1) is 11.7 Å². The van der Waals surface area contributed by atoms with Gasteiger partial charge in [0.2, 0.25) is 11.8 Å². The van der Waals surface area contributed by atoms with Gasteiger partial charge in [0.05, 0.1) is 17.8 Å². The number of nitrogens with one attached hydrogen (secondary N) is 2. The quantitative estimate of drug-likeness (QED) is 0.274. The molecule has 13 heteroatoms. The number of nitrogens with two attached hydrogens (primary N) is 1. The fourth-order valence-corrected chi connectivity index (χ4v) is 8.40. The molecule has 5 aliphatic heterocycles. The van der Waals surface area contributed by atoms with Gasteiger partial charge in [-0.3, -0.25) is 24.7 Å². The predicted molar refractivity (Wildman–Crippen MR) is 205 cm³/mol. The molecule has 5 aliphatic rings. The van der Waals surface area contributed by atoms with Crippen LogP contribution in [0.5, 0.6) is 0 Å². The number of amides is 3. The van der Waals surface area contributed by atoms with Gasteiger partial charge >= 0.3 is 0 Å². The number of halogens is 1. The van der Waals surface area contributed by atoms with Crippen molar-refractivity contribution in [3.05, 3.63) is 107 Å². The Labute approximate surface area is 314 Å². The monoisotopic (exact) mass is 731 g/mol. The Hall–Kier alpha value is -5.72. The summed E-state index contributed by atoms with van der Waals surface area (Å²) in [6.45, 7) is 5.82. The Kier molecular flexibility index (Phi) is 9.78. The van der Waals surface area contributed by atoms with E-state index in [0.29, 0.717) is 24.4 Å². The van der Waals surface area contributed by atoms with Crippen LogP contribution in [0.15, 0.2) is 84.1 Å². The lowest BCUT2D eigenvalue weighted by Gasteiger charge is -2.35. The van der Waals surface area contributed by atoms with E-state index in [9.17, 15) is 18.8 Å². The number of amidine groups is 1. The number of aromatic nitrogens is 1. The van der Waals surface area contributed by atoms with E-state index in [1.54, 1.807) is 23.2 Å². The van der Waals surface area contributed by atoms with Gasteiger partial charge in [0.15, 0.2) is 0 Å². The van der Waals surface area contributed by atoms with E-state index in [4.69, 9.17) is 15.8 Å². The first-order valence-corrected chi connectivity index (χ1v) is 19.0. The van der Waals surface area contributed by atoms with E-state index in [-0.39, 0.29) is 36.1 Å². The van der Waals surface area contributed by atoms with Crippen LogP contribution in [0.1, 0.15) is 78.7 Å². The highest BCUT2D eigenvalue weighted by Gasteiger charge is 2.39. The first-order chi connectivity index (χ1) is 26.2. The van der Waals surface area contributed by atoms with Crippen LogP contribution >= 0.6 is 0 Å². The zero-order valence-corrected chi connectivity index (χ0v) is 30.5. The van der Waals surface area contributed by atoms with Gasteiger partial charge in [-0.05, 0) is 105 Å². The van der Waals surface area contributed by atoms with Crippen LogP contribution in [0.4, 0.5) is 15.9 Å². The number of hydrogen-bond donors (Lipinski definition) is 3. The fraction of sp³-hybridized carbons (Fsp3) is 0.390. The topological polar surface area (TPSA) is 140 Å². The average molecular weight is 732 g/mol. The number of likely N-dealkylation sites (tertiary alicyclic amines) is 1. The number of hydrogen-bond acceptors (Lipinski definition) is 10. The van der Waals surface area contributed by atoms with Crippen molar-refractivity contribution in [3.8, 4) is 0 Å². The molecule has 3 atom stereocenters. The summed E-state index contributed by atoms with van der Waals surface area (Å²) in [5, 5.41) is 13.0. The summed E-state index contributed by atoms with van der Waals surface area (Å²) in [7, 11) is 0.